The number of nitrogens with zero attached hydrogens (tertiary/aromatic N) is 3. The first-order valence-corrected chi connectivity index (χ1v) is 12.8. The van der Waals surface area contributed by atoms with Gasteiger partial charge in [-0.25, -0.2) is 13.4 Å². The molecule has 0 amide bonds. The van der Waals surface area contributed by atoms with E-state index in [1.807, 2.05) is 10.8 Å². The third-order valence-corrected chi connectivity index (χ3v) is 8.66. The zero-order chi connectivity index (χ0) is 19.3. The minimum Gasteiger partial charge on any atom is -0.376 e. The average Bonchev–Trinajstić information content (AvgIpc) is 3.57. The zero-order valence-corrected chi connectivity index (χ0v) is 17.7. The molecule has 7 heteroatoms. The van der Waals surface area contributed by atoms with Crippen molar-refractivity contribution in [3.05, 3.63) is 11.9 Å². The molecule has 4 fully saturated rings. The molecule has 0 spiro atoms. The Morgan fingerprint density at radius 2 is 1.89 bits per heavy atom. The quantitative estimate of drug-likeness (QED) is 0.597. The Labute approximate surface area is 168 Å². The predicted octanol–water partition coefficient (Wildman–Crippen LogP) is 2.87. The highest BCUT2D eigenvalue weighted by atomic mass is 32.2. The Balaban J connectivity index is 1.39. The molecular weight excluding hydrogens is 374 g/mol. The molecule has 28 heavy (non-hydrogen) atoms. The van der Waals surface area contributed by atoms with Crippen LogP contribution in [-0.2, 0) is 27.7 Å². The third-order valence-electron chi connectivity index (χ3n) is 6.87. The maximum absolute atomic E-state index is 13.0. The van der Waals surface area contributed by atoms with Gasteiger partial charge in [0.05, 0.1) is 30.3 Å². The second-order valence-corrected chi connectivity index (χ2v) is 11.5. The lowest BCUT2D eigenvalue weighted by Crippen LogP contribution is -2.36. The Morgan fingerprint density at radius 3 is 2.46 bits per heavy atom. The summed E-state index contributed by atoms with van der Waals surface area (Å²) in [6.45, 7) is 2.17. The van der Waals surface area contributed by atoms with Crippen molar-refractivity contribution in [2.75, 3.05) is 19.4 Å². The van der Waals surface area contributed by atoms with E-state index in [1.54, 1.807) is 0 Å². The molecule has 0 bridgehead atoms. The first kappa shape index (κ1) is 19.1. The van der Waals surface area contributed by atoms with E-state index in [0.29, 0.717) is 18.5 Å². The van der Waals surface area contributed by atoms with Gasteiger partial charge >= 0.3 is 0 Å². The van der Waals surface area contributed by atoms with Crippen LogP contribution in [0.1, 0.15) is 57.1 Å². The van der Waals surface area contributed by atoms with E-state index >= 15 is 0 Å². The molecule has 0 aromatic carbocycles. The molecule has 1 aromatic heterocycles. The highest BCUT2D eigenvalue weighted by molar-refractivity contribution is 7.91. The standard InChI is InChI=1S/C21H33N3O3S/c1-23(20(16-6-7-16)17-8-9-17)12-18-11-22-21(28(25,26)14-15-4-5-15)24(18)13-19-3-2-10-27-19/h11,15-17,19-20H,2-10,12-14H2,1H3/t19-/m1/s1. The third kappa shape index (κ3) is 4.17. The Bertz CT molecular complexity index is 791. The van der Waals surface area contributed by atoms with Crippen molar-refractivity contribution in [3.8, 4) is 0 Å². The number of aromatic nitrogens is 2. The van der Waals surface area contributed by atoms with Crippen LogP contribution >= 0.6 is 0 Å². The van der Waals surface area contributed by atoms with Gasteiger partial charge in [0.15, 0.2) is 0 Å². The number of imidazole rings is 1. The summed E-state index contributed by atoms with van der Waals surface area (Å²) in [5, 5.41) is 0.271. The van der Waals surface area contributed by atoms with Crippen LogP contribution in [0.4, 0.5) is 0 Å². The molecule has 1 saturated heterocycles. The monoisotopic (exact) mass is 407 g/mol. The summed E-state index contributed by atoms with van der Waals surface area (Å²) in [4.78, 5) is 6.90. The van der Waals surface area contributed by atoms with Gasteiger partial charge in [-0.1, -0.05) is 0 Å². The molecule has 1 aromatic rings. The lowest BCUT2D eigenvalue weighted by molar-refractivity contribution is 0.0926. The van der Waals surface area contributed by atoms with Crippen molar-refractivity contribution in [2.24, 2.45) is 17.8 Å². The zero-order valence-electron chi connectivity index (χ0n) is 16.9. The number of hydrogen-bond acceptors (Lipinski definition) is 5. The highest BCUT2D eigenvalue weighted by Crippen LogP contribution is 2.47. The van der Waals surface area contributed by atoms with E-state index in [0.717, 1.165) is 56.4 Å². The number of ether oxygens (including phenoxy) is 1. The van der Waals surface area contributed by atoms with Crippen LogP contribution < -0.4 is 0 Å². The summed E-state index contributed by atoms with van der Waals surface area (Å²) < 4.78 is 33.8. The van der Waals surface area contributed by atoms with E-state index in [2.05, 4.69) is 16.9 Å². The molecule has 0 N–H and O–H groups in total. The lowest BCUT2D eigenvalue weighted by atomic mass is 10.1. The summed E-state index contributed by atoms with van der Waals surface area (Å²) in [7, 11) is -1.12. The van der Waals surface area contributed by atoms with Crippen molar-refractivity contribution < 1.29 is 13.2 Å². The van der Waals surface area contributed by atoms with Crippen molar-refractivity contribution in [1.82, 2.24) is 14.5 Å². The first-order valence-electron chi connectivity index (χ1n) is 11.1. The van der Waals surface area contributed by atoms with E-state index in [9.17, 15) is 8.42 Å². The molecule has 0 radical (unpaired) electrons. The molecule has 0 unspecified atom stereocenters. The van der Waals surface area contributed by atoms with Crippen LogP contribution in [0.2, 0.25) is 0 Å². The van der Waals surface area contributed by atoms with Crippen molar-refractivity contribution in [3.63, 3.8) is 0 Å². The van der Waals surface area contributed by atoms with E-state index < -0.39 is 9.84 Å². The Kier molecular flexibility index (Phi) is 5.04. The molecule has 2 heterocycles. The van der Waals surface area contributed by atoms with Crippen LogP contribution in [0.3, 0.4) is 0 Å². The van der Waals surface area contributed by atoms with Gasteiger partial charge in [0.1, 0.15) is 0 Å². The number of rotatable bonds is 10. The van der Waals surface area contributed by atoms with Gasteiger partial charge in [0.2, 0.25) is 15.0 Å². The highest BCUT2D eigenvalue weighted by Gasteiger charge is 2.43. The normalized spacial score (nSPS) is 25.9. The summed E-state index contributed by atoms with van der Waals surface area (Å²) in [6, 6.07) is 0.651. The minimum absolute atomic E-state index is 0.107. The minimum atomic E-state index is -3.33. The van der Waals surface area contributed by atoms with Crippen LogP contribution in [0.25, 0.3) is 0 Å². The van der Waals surface area contributed by atoms with Crippen LogP contribution in [0, 0.1) is 17.8 Å². The fourth-order valence-corrected chi connectivity index (χ4v) is 6.81. The number of hydrogen-bond donors (Lipinski definition) is 0. The molecule has 5 rings (SSSR count). The van der Waals surface area contributed by atoms with Gasteiger partial charge < -0.3 is 9.30 Å². The van der Waals surface area contributed by atoms with Crippen molar-refractivity contribution >= 4 is 9.84 Å². The molecule has 6 nitrogen and oxygen atoms in total. The van der Waals surface area contributed by atoms with Crippen LogP contribution in [0.15, 0.2) is 11.4 Å². The maximum atomic E-state index is 13.0. The molecule has 3 aliphatic carbocycles. The predicted molar refractivity (Wildman–Crippen MR) is 107 cm³/mol. The molecule has 156 valence electrons. The topological polar surface area (TPSA) is 64.4 Å². The smallest absolute Gasteiger partial charge is 0.227 e. The van der Waals surface area contributed by atoms with E-state index in [-0.39, 0.29) is 17.0 Å². The Hall–Kier alpha value is -0.920. The summed E-state index contributed by atoms with van der Waals surface area (Å²) in [5.41, 5.74) is 1.03. The lowest BCUT2D eigenvalue weighted by Gasteiger charge is -2.29. The van der Waals surface area contributed by atoms with Gasteiger partial charge in [-0.15, -0.1) is 0 Å². The first-order chi connectivity index (χ1) is 13.5. The van der Waals surface area contributed by atoms with Gasteiger partial charge in [0.25, 0.3) is 0 Å². The largest absolute Gasteiger partial charge is 0.376 e. The SMILES string of the molecule is CN(Cc1cnc(S(=O)(=O)CC2CC2)n1C[C@H]1CCCO1)C(C1CC1)C1CC1. The summed E-state index contributed by atoms with van der Waals surface area (Å²) in [6.07, 6.45) is 11.4. The maximum Gasteiger partial charge on any atom is 0.227 e. The van der Waals surface area contributed by atoms with Gasteiger partial charge in [0, 0.05) is 19.2 Å². The second-order valence-electron chi connectivity index (χ2n) is 9.58. The summed E-state index contributed by atoms with van der Waals surface area (Å²) in [5.74, 6) is 2.26. The fourth-order valence-electron chi connectivity index (χ4n) is 4.96. The fraction of sp³-hybridized carbons (Fsp3) is 0.857. The van der Waals surface area contributed by atoms with E-state index in [1.165, 1.54) is 25.7 Å². The van der Waals surface area contributed by atoms with Gasteiger partial charge in [-0.3, -0.25) is 4.90 Å². The molecule has 3 saturated carbocycles. The van der Waals surface area contributed by atoms with Gasteiger partial charge in [-0.2, -0.15) is 0 Å². The van der Waals surface area contributed by atoms with Crippen molar-refractivity contribution in [1.29, 1.82) is 0 Å². The second kappa shape index (κ2) is 7.40. The van der Waals surface area contributed by atoms with Crippen LogP contribution in [0.5, 0.6) is 0 Å². The number of sulfone groups is 1. The Morgan fingerprint density at radius 1 is 1.18 bits per heavy atom. The summed E-state index contributed by atoms with van der Waals surface area (Å²) >= 11 is 0. The molecule has 1 aliphatic heterocycles. The van der Waals surface area contributed by atoms with E-state index in [4.69, 9.17) is 4.74 Å². The molecule has 1 atom stereocenters. The van der Waals surface area contributed by atoms with Gasteiger partial charge in [-0.05, 0) is 76.2 Å². The van der Waals surface area contributed by atoms with Crippen molar-refractivity contribution in [2.45, 2.75) is 81.8 Å². The average molecular weight is 408 g/mol. The van der Waals surface area contributed by atoms with Crippen LogP contribution in [-0.4, -0.2) is 54.4 Å². The molecular formula is C21H33N3O3S. The molecule has 4 aliphatic rings.